The largest absolute Gasteiger partial charge is 0.372 e. The second-order valence-electron chi connectivity index (χ2n) is 5.79. The van der Waals surface area contributed by atoms with Crippen LogP contribution in [-0.4, -0.2) is 39.1 Å². The minimum Gasteiger partial charge on any atom is -0.372 e. The third kappa shape index (κ3) is 10.3. The number of nitrogens with one attached hydrogen (secondary N) is 2. The van der Waals surface area contributed by atoms with E-state index in [1.807, 2.05) is 31.2 Å². The van der Waals surface area contributed by atoms with Crippen molar-refractivity contribution in [2.24, 2.45) is 11.0 Å². The number of unbranched alkanes of at least 4 members (excludes halogenated alkanes) is 1. The van der Waals surface area contributed by atoms with Crippen molar-refractivity contribution in [3.05, 3.63) is 60.2 Å². The summed E-state index contributed by atoms with van der Waals surface area (Å²) in [5.41, 5.74) is 12.8. The van der Waals surface area contributed by atoms with Gasteiger partial charge < -0.3 is 11.1 Å². The number of rotatable bonds is 10. The molecule has 2 aromatic rings. The highest BCUT2D eigenvalue weighted by Gasteiger charge is 2.06. The predicted molar refractivity (Wildman–Crippen MR) is 108 cm³/mol. The molecule has 0 aliphatic carbocycles. The van der Waals surface area contributed by atoms with Gasteiger partial charge in [0.2, 0.25) is 12.3 Å². The topological polar surface area (TPSA) is 150 Å². The van der Waals surface area contributed by atoms with Crippen molar-refractivity contribution in [2.45, 2.75) is 32.6 Å². The summed E-state index contributed by atoms with van der Waals surface area (Å²) in [4.78, 5) is 24.7. The standard InChI is InChI=1S/C18H23N7O.CH3NO/c1-2-12-25(24-19)13-6-4-7-15-9-10-17(23-22-15)21-18(26)14-16-8-3-5-11-20-16;2-1-3/h2-3,5,8-12,19H,4,6-7,13-14H2,1H3,(H,21,23,26);1H,(H2,2,3)/b12-2+,24-19?;. The van der Waals surface area contributed by atoms with Gasteiger partial charge in [0.1, 0.15) is 0 Å². The van der Waals surface area contributed by atoms with E-state index in [0.29, 0.717) is 18.1 Å². The van der Waals surface area contributed by atoms with Gasteiger partial charge in [-0.3, -0.25) is 19.6 Å². The van der Waals surface area contributed by atoms with Gasteiger partial charge in [-0.25, -0.2) is 0 Å². The van der Waals surface area contributed by atoms with E-state index in [2.05, 4.69) is 31.5 Å². The molecule has 0 spiro atoms. The number of primary amides is 1. The quantitative estimate of drug-likeness (QED) is 0.242. The summed E-state index contributed by atoms with van der Waals surface area (Å²) in [7, 11) is 0. The first-order valence-electron chi connectivity index (χ1n) is 9.07. The Bertz CT molecular complexity index is 766. The fraction of sp³-hybridized carbons (Fsp3) is 0.316. The lowest BCUT2D eigenvalue weighted by molar-refractivity contribution is -0.115. The zero-order chi connectivity index (χ0) is 21.3. The third-order valence-electron chi connectivity index (χ3n) is 3.57. The fourth-order valence-corrected chi connectivity index (χ4v) is 2.32. The van der Waals surface area contributed by atoms with Gasteiger partial charge >= 0.3 is 0 Å². The zero-order valence-corrected chi connectivity index (χ0v) is 16.4. The molecule has 10 nitrogen and oxygen atoms in total. The van der Waals surface area contributed by atoms with Crippen LogP contribution in [0.25, 0.3) is 0 Å². The van der Waals surface area contributed by atoms with E-state index in [1.165, 1.54) is 0 Å². The summed E-state index contributed by atoms with van der Waals surface area (Å²) in [6.07, 6.45) is 8.35. The highest BCUT2D eigenvalue weighted by atomic mass is 16.1. The summed E-state index contributed by atoms with van der Waals surface area (Å²) in [6.45, 7) is 2.59. The van der Waals surface area contributed by atoms with E-state index in [1.54, 1.807) is 29.5 Å². The summed E-state index contributed by atoms with van der Waals surface area (Å²) < 4.78 is 0. The summed E-state index contributed by atoms with van der Waals surface area (Å²) >= 11 is 0. The number of aromatic nitrogens is 3. The van der Waals surface area contributed by atoms with E-state index in [0.717, 1.165) is 25.0 Å². The van der Waals surface area contributed by atoms with E-state index in [9.17, 15) is 4.79 Å². The van der Waals surface area contributed by atoms with Gasteiger partial charge in [0.05, 0.1) is 12.1 Å². The van der Waals surface area contributed by atoms with Crippen molar-refractivity contribution in [1.29, 1.82) is 5.53 Å². The highest BCUT2D eigenvalue weighted by molar-refractivity contribution is 5.90. The Balaban J connectivity index is 0.00000132. The van der Waals surface area contributed by atoms with Gasteiger partial charge in [-0.15, -0.1) is 5.10 Å². The van der Waals surface area contributed by atoms with Crippen LogP contribution in [0.2, 0.25) is 0 Å². The van der Waals surface area contributed by atoms with Crippen molar-refractivity contribution in [2.75, 3.05) is 11.9 Å². The number of allylic oxidation sites excluding steroid dienone is 1. The van der Waals surface area contributed by atoms with Gasteiger partial charge in [0.25, 0.3) is 0 Å². The second kappa shape index (κ2) is 14.4. The summed E-state index contributed by atoms with van der Waals surface area (Å²) in [5, 5.41) is 15.9. The molecule has 2 aromatic heterocycles. The Labute approximate surface area is 169 Å². The monoisotopic (exact) mass is 398 g/mol. The molecule has 0 radical (unpaired) electrons. The molecule has 0 fully saturated rings. The number of aryl methyl sites for hydroxylation is 1. The van der Waals surface area contributed by atoms with Crippen molar-refractivity contribution < 1.29 is 9.59 Å². The van der Waals surface area contributed by atoms with Crippen LogP contribution in [0.5, 0.6) is 0 Å². The van der Waals surface area contributed by atoms with Crippen molar-refractivity contribution in [3.63, 3.8) is 0 Å². The average Bonchev–Trinajstić information content (AvgIpc) is 2.72. The van der Waals surface area contributed by atoms with Crippen LogP contribution in [0.15, 0.2) is 54.0 Å². The molecule has 2 rings (SSSR count). The van der Waals surface area contributed by atoms with E-state index in [4.69, 9.17) is 10.3 Å². The molecule has 2 amide bonds. The molecule has 0 atom stereocenters. The Hall–Kier alpha value is -3.69. The number of carbonyl (C=O) groups excluding carboxylic acids is 2. The fourth-order valence-electron chi connectivity index (χ4n) is 2.32. The molecule has 0 aliphatic heterocycles. The maximum atomic E-state index is 12.0. The summed E-state index contributed by atoms with van der Waals surface area (Å²) in [6, 6.07) is 9.08. The minimum absolute atomic E-state index is 0.172. The predicted octanol–water partition coefficient (Wildman–Crippen LogP) is 2.26. The highest BCUT2D eigenvalue weighted by Crippen LogP contribution is 2.07. The lowest BCUT2D eigenvalue weighted by Crippen LogP contribution is -2.16. The molecule has 29 heavy (non-hydrogen) atoms. The van der Waals surface area contributed by atoms with Gasteiger partial charge in [-0.2, -0.15) is 10.6 Å². The molecule has 0 bridgehead atoms. The number of amides is 2. The van der Waals surface area contributed by atoms with Crippen LogP contribution in [0.3, 0.4) is 0 Å². The maximum Gasteiger partial charge on any atom is 0.231 e. The first-order valence-corrected chi connectivity index (χ1v) is 9.07. The van der Waals surface area contributed by atoms with Crippen molar-refractivity contribution in [3.8, 4) is 0 Å². The Morgan fingerprint density at radius 3 is 2.62 bits per heavy atom. The van der Waals surface area contributed by atoms with Crippen LogP contribution < -0.4 is 11.1 Å². The molecular weight excluding hydrogens is 372 g/mol. The number of nitrogens with two attached hydrogens (primary N) is 1. The third-order valence-corrected chi connectivity index (χ3v) is 3.57. The van der Waals surface area contributed by atoms with Gasteiger partial charge in [0, 0.05) is 24.6 Å². The number of hydrogen-bond acceptors (Lipinski definition) is 7. The van der Waals surface area contributed by atoms with Crippen molar-refractivity contribution in [1.82, 2.24) is 20.2 Å². The van der Waals surface area contributed by atoms with Crippen LogP contribution in [0, 0.1) is 5.53 Å². The normalized spacial score (nSPS) is 9.97. The number of carbonyl (C=O) groups is 2. The summed E-state index contributed by atoms with van der Waals surface area (Å²) in [5.74, 6) is 0.260. The van der Waals surface area contributed by atoms with Crippen molar-refractivity contribution >= 4 is 18.1 Å². The number of anilines is 1. The van der Waals surface area contributed by atoms with E-state index in [-0.39, 0.29) is 18.7 Å². The van der Waals surface area contributed by atoms with E-state index < -0.39 is 0 Å². The number of pyridine rings is 1. The lowest BCUT2D eigenvalue weighted by Gasteiger charge is -2.10. The first-order chi connectivity index (χ1) is 14.1. The Kier molecular flexibility index (Phi) is 11.6. The lowest BCUT2D eigenvalue weighted by atomic mass is 10.2. The van der Waals surface area contributed by atoms with Crippen LogP contribution >= 0.6 is 0 Å². The Morgan fingerprint density at radius 2 is 2.03 bits per heavy atom. The number of hydrogen-bond donors (Lipinski definition) is 3. The van der Waals surface area contributed by atoms with Crippen LogP contribution in [0.4, 0.5) is 5.82 Å². The van der Waals surface area contributed by atoms with E-state index >= 15 is 0 Å². The zero-order valence-electron chi connectivity index (χ0n) is 16.4. The molecule has 0 aromatic carbocycles. The minimum atomic E-state index is -0.172. The molecule has 0 saturated carbocycles. The van der Waals surface area contributed by atoms with Gasteiger partial charge in [-0.1, -0.05) is 17.4 Å². The Morgan fingerprint density at radius 1 is 1.24 bits per heavy atom. The maximum absolute atomic E-state index is 12.0. The molecule has 2 heterocycles. The number of nitrogens with zero attached hydrogens (tertiary/aromatic N) is 5. The molecule has 0 saturated heterocycles. The van der Waals surface area contributed by atoms with Crippen LogP contribution in [-0.2, 0) is 22.4 Å². The smallest absolute Gasteiger partial charge is 0.231 e. The second-order valence-corrected chi connectivity index (χ2v) is 5.79. The first kappa shape index (κ1) is 23.3. The molecule has 0 unspecified atom stereocenters. The van der Waals surface area contributed by atoms with Gasteiger partial charge in [0.15, 0.2) is 5.82 Å². The van der Waals surface area contributed by atoms with Crippen LogP contribution in [0.1, 0.15) is 31.2 Å². The van der Waals surface area contributed by atoms with Gasteiger partial charge in [-0.05, 0) is 50.5 Å². The SMILES string of the molecule is C/C=C/N(CCCCc1ccc(NC(=O)Cc2ccccn2)nn1)N=N.NC=O. The molecule has 4 N–H and O–H groups in total. The molecule has 0 aliphatic rings. The molecular formula is C19H26N8O2. The molecule has 10 heteroatoms. The molecule has 154 valence electrons. The average molecular weight is 398 g/mol.